The molecule has 1 amide bonds. The molecule has 1 aliphatic rings. The maximum atomic E-state index is 15.3. The van der Waals surface area contributed by atoms with Gasteiger partial charge in [0, 0.05) is 28.9 Å². The number of benzene rings is 2. The summed E-state index contributed by atoms with van der Waals surface area (Å²) in [6.07, 6.45) is 6.76. The van der Waals surface area contributed by atoms with Crippen LogP contribution in [0.15, 0.2) is 23.8 Å². The molecule has 2 aromatic carbocycles. The molecule has 0 spiro atoms. The van der Waals surface area contributed by atoms with E-state index in [1.165, 1.54) is 12.8 Å². The first-order valence-electron chi connectivity index (χ1n) is 11.8. The molecule has 1 saturated carbocycles. The zero-order valence-electron chi connectivity index (χ0n) is 20.6. The van der Waals surface area contributed by atoms with E-state index in [4.69, 9.17) is 0 Å². The highest BCUT2D eigenvalue weighted by Gasteiger charge is 2.20. The Hall–Kier alpha value is -2.62. The Morgan fingerprint density at radius 3 is 2.16 bits per heavy atom. The monoisotopic (exact) mass is 436 g/mol. The van der Waals surface area contributed by atoms with Crippen LogP contribution in [0.2, 0.25) is 0 Å². The van der Waals surface area contributed by atoms with Crippen LogP contribution < -0.4 is 10.6 Å². The maximum absolute atomic E-state index is 15.3. The lowest BCUT2D eigenvalue weighted by molar-refractivity contribution is -0.117. The van der Waals surface area contributed by atoms with Crippen LogP contribution in [0.25, 0.3) is 17.2 Å². The Kier molecular flexibility index (Phi) is 7.43. The standard InChI is InChI=1S/C28H37FN2O/c1-16(2)30-28(32)17(3)14-25-18(4)20(6)27(21(7)19(25)5)24-13-12-23(15-26(24)29)31-22-10-8-9-11-22/h12-16,22,31H,8-11H2,1-7H3,(H,30,32). The van der Waals surface area contributed by atoms with E-state index in [0.29, 0.717) is 17.2 Å². The largest absolute Gasteiger partial charge is 0.382 e. The van der Waals surface area contributed by atoms with Crippen molar-refractivity contribution in [1.82, 2.24) is 5.32 Å². The highest BCUT2D eigenvalue weighted by molar-refractivity contribution is 5.98. The first-order valence-corrected chi connectivity index (χ1v) is 11.8. The summed E-state index contributed by atoms with van der Waals surface area (Å²) in [6.45, 7) is 13.9. The highest BCUT2D eigenvalue weighted by atomic mass is 19.1. The van der Waals surface area contributed by atoms with E-state index in [1.807, 2.05) is 52.8 Å². The van der Waals surface area contributed by atoms with Crippen LogP contribution >= 0.6 is 0 Å². The molecule has 0 saturated heterocycles. The predicted molar refractivity (Wildman–Crippen MR) is 134 cm³/mol. The number of carbonyl (C=O) groups is 1. The molecule has 0 radical (unpaired) electrons. The minimum absolute atomic E-state index is 0.0606. The van der Waals surface area contributed by atoms with Crippen LogP contribution in [0.1, 0.15) is 74.3 Å². The molecule has 1 aliphatic carbocycles. The number of hydrogen-bond donors (Lipinski definition) is 2. The maximum Gasteiger partial charge on any atom is 0.247 e. The molecular weight excluding hydrogens is 399 g/mol. The topological polar surface area (TPSA) is 41.1 Å². The van der Waals surface area contributed by atoms with Gasteiger partial charge in [-0.15, -0.1) is 0 Å². The van der Waals surface area contributed by atoms with E-state index in [2.05, 4.69) is 24.5 Å². The Morgan fingerprint density at radius 2 is 1.62 bits per heavy atom. The molecule has 0 heterocycles. The number of hydrogen-bond acceptors (Lipinski definition) is 2. The van der Waals surface area contributed by atoms with E-state index in [-0.39, 0.29) is 17.8 Å². The van der Waals surface area contributed by atoms with Gasteiger partial charge in [-0.25, -0.2) is 4.39 Å². The summed E-state index contributed by atoms with van der Waals surface area (Å²) >= 11 is 0. The molecule has 0 atom stereocenters. The molecule has 0 aliphatic heterocycles. The van der Waals surface area contributed by atoms with Crippen LogP contribution in [0.3, 0.4) is 0 Å². The van der Waals surface area contributed by atoms with E-state index >= 15 is 4.39 Å². The molecule has 3 rings (SSSR count). The molecule has 3 nitrogen and oxygen atoms in total. The normalized spacial score (nSPS) is 14.8. The molecule has 32 heavy (non-hydrogen) atoms. The van der Waals surface area contributed by atoms with Gasteiger partial charge in [0.15, 0.2) is 0 Å². The minimum Gasteiger partial charge on any atom is -0.382 e. The third kappa shape index (κ3) is 5.06. The summed E-state index contributed by atoms with van der Waals surface area (Å²) in [4.78, 5) is 12.4. The Labute approximate surface area is 192 Å². The van der Waals surface area contributed by atoms with Gasteiger partial charge in [0.25, 0.3) is 0 Å². The van der Waals surface area contributed by atoms with Crippen molar-refractivity contribution in [2.75, 3.05) is 5.32 Å². The number of halogens is 1. The summed E-state index contributed by atoms with van der Waals surface area (Å²) in [5.41, 5.74) is 8.40. The molecule has 0 unspecified atom stereocenters. The third-order valence-electron chi connectivity index (χ3n) is 6.79. The Balaban J connectivity index is 1.99. The Morgan fingerprint density at radius 1 is 1.03 bits per heavy atom. The average molecular weight is 437 g/mol. The van der Waals surface area contributed by atoms with Crippen molar-refractivity contribution >= 4 is 17.7 Å². The second-order valence-electron chi connectivity index (χ2n) is 9.56. The van der Waals surface area contributed by atoms with Gasteiger partial charge < -0.3 is 10.6 Å². The summed E-state index contributed by atoms with van der Waals surface area (Å²) < 4.78 is 15.3. The van der Waals surface area contributed by atoms with E-state index in [1.54, 1.807) is 6.07 Å². The molecule has 2 aromatic rings. The SMILES string of the molecule is CC(=Cc1c(C)c(C)c(-c2ccc(NC3CCCC3)cc2F)c(C)c1C)C(=O)NC(C)C. The lowest BCUT2D eigenvalue weighted by Crippen LogP contribution is -2.30. The van der Waals surface area contributed by atoms with Crippen molar-refractivity contribution in [2.45, 2.75) is 86.2 Å². The van der Waals surface area contributed by atoms with E-state index < -0.39 is 0 Å². The van der Waals surface area contributed by atoms with E-state index in [0.717, 1.165) is 51.9 Å². The second kappa shape index (κ2) is 9.89. The number of rotatable bonds is 6. The van der Waals surface area contributed by atoms with Crippen molar-refractivity contribution in [3.63, 3.8) is 0 Å². The van der Waals surface area contributed by atoms with E-state index in [9.17, 15) is 4.79 Å². The minimum atomic E-state index is -0.200. The van der Waals surface area contributed by atoms with Gasteiger partial charge in [0.2, 0.25) is 5.91 Å². The summed E-state index contributed by atoms with van der Waals surface area (Å²) in [5.74, 6) is -0.261. The highest BCUT2D eigenvalue weighted by Crippen LogP contribution is 2.37. The van der Waals surface area contributed by atoms with Crippen molar-refractivity contribution in [3.8, 4) is 11.1 Å². The number of amides is 1. The van der Waals surface area contributed by atoms with Gasteiger partial charge in [-0.2, -0.15) is 0 Å². The molecule has 0 bridgehead atoms. The molecule has 4 heteroatoms. The van der Waals surface area contributed by atoms with Gasteiger partial charge >= 0.3 is 0 Å². The van der Waals surface area contributed by atoms with Crippen LogP contribution in [-0.4, -0.2) is 18.0 Å². The molecule has 2 N–H and O–H groups in total. The lowest BCUT2D eigenvalue weighted by atomic mass is 9.85. The number of carbonyl (C=O) groups excluding carboxylic acids is 1. The fourth-order valence-electron chi connectivity index (χ4n) is 4.73. The summed E-state index contributed by atoms with van der Waals surface area (Å²) in [5, 5.41) is 6.43. The van der Waals surface area contributed by atoms with Gasteiger partial charge in [0.1, 0.15) is 5.82 Å². The Bertz CT molecular complexity index is 1020. The number of nitrogens with one attached hydrogen (secondary N) is 2. The van der Waals surface area contributed by atoms with Gasteiger partial charge in [-0.1, -0.05) is 12.8 Å². The third-order valence-corrected chi connectivity index (χ3v) is 6.79. The average Bonchev–Trinajstić information content (AvgIpc) is 3.23. The smallest absolute Gasteiger partial charge is 0.247 e. The van der Waals surface area contributed by atoms with Gasteiger partial charge in [-0.05, 0) is 119 Å². The summed E-state index contributed by atoms with van der Waals surface area (Å²) in [7, 11) is 0. The van der Waals surface area contributed by atoms with Crippen LogP contribution in [-0.2, 0) is 4.79 Å². The second-order valence-corrected chi connectivity index (χ2v) is 9.56. The fraction of sp³-hybridized carbons (Fsp3) is 0.464. The predicted octanol–water partition coefficient (Wildman–Crippen LogP) is 7.01. The van der Waals surface area contributed by atoms with Crippen molar-refractivity contribution < 1.29 is 9.18 Å². The van der Waals surface area contributed by atoms with Crippen molar-refractivity contribution in [1.29, 1.82) is 0 Å². The first kappa shape index (κ1) is 24.0. The molecule has 0 aromatic heterocycles. The quantitative estimate of drug-likeness (QED) is 0.478. The lowest BCUT2D eigenvalue weighted by Gasteiger charge is -2.21. The van der Waals surface area contributed by atoms with Crippen molar-refractivity contribution in [3.05, 3.63) is 57.4 Å². The van der Waals surface area contributed by atoms with Crippen LogP contribution in [0.5, 0.6) is 0 Å². The first-order chi connectivity index (χ1) is 15.1. The number of anilines is 1. The fourth-order valence-corrected chi connectivity index (χ4v) is 4.73. The zero-order valence-corrected chi connectivity index (χ0v) is 20.6. The van der Waals surface area contributed by atoms with Crippen LogP contribution in [0, 0.1) is 33.5 Å². The van der Waals surface area contributed by atoms with Crippen LogP contribution in [0.4, 0.5) is 10.1 Å². The molecule has 172 valence electrons. The molecular formula is C28H37FN2O. The van der Waals surface area contributed by atoms with Gasteiger partial charge in [0.05, 0.1) is 0 Å². The zero-order chi connectivity index (χ0) is 23.6. The summed E-state index contributed by atoms with van der Waals surface area (Å²) in [6, 6.07) is 6.07. The van der Waals surface area contributed by atoms with Gasteiger partial charge in [-0.3, -0.25) is 4.79 Å². The molecule has 1 fully saturated rings. The van der Waals surface area contributed by atoms with Crippen molar-refractivity contribution in [2.24, 2.45) is 0 Å².